The van der Waals surface area contributed by atoms with Gasteiger partial charge in [-0.25, -0.2) is 9.78 Å². The van der Waals surface area contributed by atoms with Crippen molar-refractivity contribution >= 4 is 28.3 Å². The van der Waals surface area contributed by atoms with Gasteiger partial charge in [0.15, 0.2) is 5.13 Å². The number of nitrogens with one attached hydrogen (secondary N) is 1. The summed E-state index contributed by atoms with van der Waals surface area (Å²) >= 11 is 0.634. The van der Waals surface area contributed by atoms with Crippen LogP contribution in [0.2, 0.25) is 0 Å². The minimum atomic E-state index is -5.00. The highest BCUT2D eigenvalue weighted by atomic mass is 32.1. The zero-order valence-corrected chi connectivity index (χ0v) is 10.2. The summed E-state index contributed by atoms with van der Waals surface area (Å²) in [6, 6.07) is 0. The summed E-state index contributed by atoms with van der Waals surface area (Å²) in [5, 5.41) is 1.28. The molecule has 0 atom stereocenters. The Balaban J connectivity index is 2.85. The van der Waals surface area contributed by atoms with Crippen molar-refractivity contribution in [1.29, 1.82) is 0 Å². The third kappa shape index (κ3) is 3.42. The Hall–Kier alpha value is -1.64. The molecule has 5 nitrogen and oxygen atoms in total. The molecular weight excluding hydrogens is 273 g/mol. The number of amides is 1. The Labute approximate surface area is 104 Å². The van der Waals surface area contributed by atoms with Gasteiger partial charge in [0, 0.05) is 0 Å². The minimum Gasteiger partial charge on any atom is -0.462 e. The molecule has 100 valence electrons. The molecule has 0 unspecified atom stereocenters. The van der Waals surface area contributed by atoms with Gasteiger partial charge in [-0.1, -0.05) is 11.3 Å². The molecule has 0 spiro atoms. The van der Waals surface area contributed by atoms with E-state index < -0.39 is 18.1 Å². The second-order valence-electron chi connectivity index (χ2n) is 3.11. The molecule has 1 N–H and O–H groups in total. The van der Waals surface area contributed by atoms with Crippen LogP contribution in [-0.2, 0) is 9.53 Å². The Morgan fingerprint density at radius 2 is 2.06 bits per heavy atom. The van der Waals surface area contributed by atoms with Crippen molar-refractivity contribution in [3.05, 3.63) is 10.6 Å². The standard InChI is InChI=1S/C9H9F3N2O3S/c1-3-17-6(15)5-4(2)13-8(18-5)14-7(16)9(10,11)12/h3H2,1-2H3,(H,13,14,16). The van der Waals surface area contributed by atoms with Gasteiger partial charge in [-0.15, -0.1) is 0 Å². The molecule has 1 heterocycles. The van der Waals surface area contributed by atoms with E-state index in [9.17, 15) is 22.8 Å². The number of nitrogens with zero attached hydrogens (tertiary/aromatic N) is 1. The average molecular weight is 282 g/mol. The summed E-state index contributed by atoms with van der Waals surface area (Å²) in [7, 11) is 0. The first-order valence-electron chi connectivity index (χ1n) is 4.78. The number of thiazole rings is 1. The fourth-order valence-corrected chi connectivity index (χ4v) is 1.86. The Bertz CT molecular complexity index is 470. The lowest BCUT2D eigenvalue weighted by molar-refractivity contribution is -0.167. The fraction of sp³-hybridized carbons (Fsp3) is 0.444. The first kappa shape index (κ1) is 14.4. The van der Waals surface area contributed by atoms with Crippen molar-refractivity contribution in [3.63, 3.8) is 0 Å². The van der Waals surface area contributed by atoms with Gasteiger partial charge in [0.25, 0.3) is 0 Å². The van der Waals surface area contributed by atoms with Crippen molar-refractivity contribution in [1.82, 2.24) is 4.98 Å². The van der Waals surface area contributed by atoms with E-state index in [1.54, 1.807) is 12.2 Å². The fourth-order valence-electron chi connectivity index (χ4n) is 1.00. The normalized spacial score (nSPS) is 11.2. The number of hydrogen-bond donors (Lipinski definition) is 1. The minimum absolute atomic E-state index is 0.0642. The highest BCUT2D eigenvalue weighted by Crippen LogP contribution is 2.25. The third-order valence-corrected chi connectivity index (χ3v) is 2.79. The first-order chi connectivity index (χ1) is 8.25. The van der Waals surface area contributed by atoms with Crippen LogP contribution in [0.25, 0.3) is 0 Å². The van der Waals surface area contributed by atoms with Gasteiger partial charge in [-0.2, -0.15) is 13.2 Å². The van der Waals surface area contributed by atoms with Crippen LogP contribution in [0.3, 0.4) is 0 Å². The molecule has 0 aliphatic rings. The molecule has 1 aromatic heterocycles. The highest BCUT2D eigenvalue weighted by Gasteiger charge is 2.39. The van der Waals surface area contributed by atoms with E-state index >= 15 is 0 Å². The number of ether oxygens (including phenoxy) is 1. The van der Waals surface area contributed by atoms with Gasteiger partial charge in [0.2, 0.25) is 0 Å². The summed E-state index contributed by atoms with van der Waals surface area (Å²) in [5.74, 6) is -2.81. The second-order valence-corrected chi connectivity index (χ2v) is 4.10. The molecule has 0 saturated heterocycles. The maximum absolute atomic E-state index is 12.0. The monoisotopic (exact) mass is 282 g/mol. The van der Waals surface area contributed by atoms with Crippen molar-refractivity contribution in [3.8, 4) is 0 Å². The molecule has 9 heteroatoms. The molecule has 0 aromatic carbocycles. The lowest BCUT2D eigenvalue weighted by Crippen LogP contribution is -2.29. The molecule has 0 fully saturated rings. The summed E-state index contributed by atoms with van der Waals surface area (Å²) < 4.78 is 40.7. The number of carbonyl (C=O) groups excluding carboxylic acids is 2. The van der Waals surface area contributed by atoms with E-state index in [4.69, 9.17) is 4.74 Å². The van der Waals surface area contributed by atoms with Crippen LogP contribution in [0, 0.1) is 6.92 Å². The Morgan fingerprint density at radius 1 is 1.44 bits per heavy atom. The van der Waals surface area contributed by atoms with E-state index in [0.717, 1.165) is 0 Å². The van der Waals surface area contributed by atoms with Crippen LogP contribution < -0.4 is 5.32 Å². The number of aryl methyl sites for hydroxylation is 1. The maximum atomic E-state index is 12.0. The molecule has 18 heavy (non-hydrogen) atoms. The number of anilines is 1. The Morgan fingerprint density at radius 3 is 2.56 bits per heavy atom. The largest absolute Gasteiger partial charge is 0.471 e. The van der Waals surface area contributed by atoms with Crippen molar-refractivity contribution in [2.45, 2.75) is 20.0 Å². The predicted octanol–water partition coefficient (Wildman–Crippen LogP) is 2.13. The average Bonchev–Trinajstić information content (AvgIpc) is 2.58. The first-order valence-corrected chi connectivity index (χ1v) is 5.60. The van der Waals surface area contributed by atoms with Crippen molar-refractivity contribution < 1.29 is 27.5 Å². The number of aromatic nitrogens is 1. The second kappa shape index (κ2) is 5.34. The van der Waals surface area contributed by atoms with E-state index in [2.05, 4.69) is 4.98 Å². The third-order valence-electron chi connectivity index (χ3n) is 1.74. The van der Waals surface area contributed by atoms with Gasteiger partial charge in [-0.3, -0.25) is 10.1 Å². The van der Waals surface area contributed by atoms with E-state index in [0.29, 0.717) is 11.3 Å². The number of hydrogen-bond acceptors (Lipinski definition) is 5. The number of carbonyl (C=O) groups is 2. The number of alkyl halides is 3. The molecular formula is C9H9F3N2O3S. The van der Waals surface area contributed by atoms with Crippen molar-refractivity contribution in [2.24, 2.45) is 0 Å². The van der Waals surface area contributed by atoms with Gasteiger partial charge >= 0.3 is 18.1 Å². The van der Waals surface area contributed by atoms with E-state index in [1.165, 1.54) is 6.92 Å². The topological polar surface area (TPSA) is 68.3 Å². The van der Waals surface area contributed by atoms with Gasteiger partial charge in [-0.05, 0) is 13.8 Å². The summed E-state index contributed by atoms with van der Waals surface area (Å²) in [6.45, 7) is 3.17. The quantitative estimate of drug-likeness (QED) is 0.862. The number of rotatable bonds is 3. The molecule has 0 bridgehead atoms. The van der Waals surface area contributed by atoms with Gasteiger partial charge < -0.3 is 4.74 Å². The number of halogens is 3. The van der Waals surface area contributed by atoms with Crippen LogP contribution in [0.15, 0.2) is 0 Å². The van der Waals surface area contributed by atoms with Crippen LogP contribution in [-0.4, -0.2) is 29.6 Å². The lowest BCUT2D eigenvalue weighted by Gasteiger charge is -2.04. The highest BCUT2D eigenvalue weighted by molar-refractivity contribution is 7.17. The van der Waals surface area contributed by atoms with Gasteiger partial charge in [0.1, 0.15) is 4.88 Å². The summed E-state index contributed by atoms with van der Waals surface area (Å²) in [4.78, 5) is 25.8. The van der Waals surface area contributed by atoms with Crippen LogP contribution in [0.4, 0.5) is 18.3 Å². The molecule has 1 rings (SSSR count). The molecule has 0 aliphatic carbocycles. The zero-order chi connectivity index (χ0) is 13.9. The van der Waals surface area contributed by atoms with Crippen LogP contribution in [0.5, 0.6) is 0 Å². The van der Waals surface area contributed by atoms with Gasteiger partial charge in [0.05, 0.1) is 12.3 Å². The summed E-state index contributed by atoms with van der Waals surface area (Å²) in [5.41, 5.74) is 0.205. The van der Waals surface area contributed by atoms with Crippen molar-refractivity contribution in [2.75, 3.05) is 11.9 Å². The number of esters is 1. The molecule has 0 saturated carbocycles. The predicted molar refractivity (Wildman–Crippen MR) is 57.5 cm³/mol. The van der Waals surface area contributed by atoms with Crippen LogP contribution in [0.1, 0.15) is 22.3 Å². The smallest absolute Gasteiger partial charge is 0.462 e. The maximum Gasteiger partial charge on any atom is 0.471 e. The molecule has 1 aromatic rings. The SMILES string of the molecule is CCOC(=O)c1sc(NC(=O)C(F)(F)F)nc1C. The van der Waals surface area contributed by atoms with E-state index in [-0.39, 0.29) is 22.3 Å². The molecule has 0 radical (unpaired) electrons. The van der Waals surface area contributed by atoms with E-state index in [1.807, 2.05) is 0 Å². The lowest BCUT2D eigenvalue weighted by atomic mass is 10.4. The van der Waals surface area contributed by atoms with Crippen LogP contribution >= 0.6 is 11.3 Å². The summed E-state index contributed by atoms with van der Waals surface area (Å²) in [6.07, 6.45) is -5.00. The zero-order valence-electron chi connectivity index (χ0n) is 9.42. The molecule has 0 aliphatic heterocycles. The Kier molecular flexibility index (Phi) is 4.28. The molecule has 1 amide bonds.